The van der Waals surface area contributed by atoms with Crippen LogP contribution in [0.3, 0.4) is 0 Å². The van der Waals surface area contributed by atoms with Crippen molar-refractivity contribution in [3.63, 3.8) is 0 Å². The van der Waals surface area contributed by atoms with E-state index in [1.807, 2.05) is 18.1 Å². The quantitative estimate of drug-likeness (QED) is 0.685. The van der Waals surface area contributed by atoms with Crippen molar-refractivity contribution in [2.75, 3.05) is 7.05 Å². The predicted molar refractivity (Wildman–Crippen MR) is 52.7 cm³/mol. The van der Waals surface area contributed by atoms with Crippen molar-refractivity contribution in [1.82, 2.24) is 4.90 Å². The molecule has 0 saturated heterocycles. The largest absolute Gasteiger partial charge is 0.355 e. The van der Waals surface area contributed by atoms with Crippen molar-refractivity contribution in [2.45, 2.75) is 6.92 Å². The molecule has 0 aliphatic carbocycles. The highest BCUT2D eigenvalue weighted by molar-refractivity contribution is 9.12. The van der Waals surface area contributed by atoms with Gasteiger partial charge in [-0.25, -0.2) is 0 Å². The fraction of sp³-hybridized carbons (Fsp3) is 0.222. The molecule has 1 aliphatic rings. The van der Waals surface area contributed by atoms with Gasteiger partial charge < -0.3 is 4.90 Å². The molecule has 0 unspecified atom stereocenters. The SMILES string of the molecule is C=C1C(Br)=CN(C)C=C1C(C)=O. The van der Waals surface area contributed by atoms with Crippen molar-refractivity contribution >= 4 is 21.7 Å². The zero-order valence-electron chi connectivity index (χ0n) is 7.10. The van der Waals surface area contributed by atoms with Crippen molar-refractivity contribution in [3.05, 3.63) is 34.6 Å². The molecular formula is C9H10BrNO. The van der Waals surface area contributed by atoms with Crippen LogP contribution in [0.25, 0.3) is 0 Å². The second-order valence-electron chi connectivity index (χ2n) is 2.72. The van der Waals surface area contributed by atoms with Crippen LogP contribution in [-0.4, -0.2) is 17.7 Å². The maximum Gasteiger partial charge on any atom is 0.161 e. The number of Topliss-reactive ketones (excluding diaryl/α,β-unsaturated/α-hetero) is 1. The monoisotopic (exact) mass is 227 g/mol. The first-order valence-corrected chi connectivity index (χ1v) is 4.33. The highest BCUT2D eigenvalue weighted by Crippen LogP contribution is 2.27. The average Bonchev–Trinajstić information content (AvgIpc) is 1.96. The summed E-state index contributed by atoms with van der Waals surface area (Å²) in [6.07, 6.45) is 3.64. The number of rotatable bonds is 1. The van der Waals surface area contributed by atoms with E-state index in [9.17, 15) is 4.79 Å². The number of carbonyl (C=O) groups is 1. The summed E-state index contributed by atoms with van der Waals surface area (Å²) in [4.78, 5) is 12.9. The third kappa shape index (κ3) is 1.67. The van der Waals surface area contributed by atoms with Crippen molar-refractivity contribution in [3.8, 4) is 0 Å². The van der Waals surface area contributed by atoms with E-state index in [0.717, 1.165) is 10.1 Å². The van der Waals surface area contributed by atoms with Crippen molar-refractivity contribution in [1.29, 1.82) is 0 Å². The first-order valence-electron chi connectivity index (χ1n) is 3.54. The Bertz CT molecular complexity index is 302. The lowest BCUT2D eigenvalue weighted by molar-refractivity contribution is -0.113. The number of ketones is 1. The van der Waals surface area contributed by atoms with Crippen LogP contribution in [0.2, 0.25) is 0 Å². The molecule has 1 aliphatic heterocycles. The summed E-state index contributed by atoms with van der Waals surface area (Å²) in [5.74, 6) is 0.0388. The molecule has 0 fully saturated rings. The Hall–Kier alpha value is -0.830. The lowest BCUT2D eigenvalue weighted by atomic mass is 10.0. The first-order chi connectivity index (χ1) is 5.52. The fourth-order valence-corrected chi connectivity index (χ4v) is 1.54. The second-order valence-corrected chi connectivity index (χ2v) is 3.57. The topological polar surface area (TPSA) is 20.3 Å². The van der Waals surface area contributed by atoms with Crippen LogP contribution in [-0.2, 0) is 4.79 Å². The van der Waals surface area contributed by atoms with Gasteiger partial charge in [0.05, 0.1) is 0 Å². The van der Waals surface area contributed by atoms with Gasteiger partial charge in [-0.15, -0.1) is 0 Å². The molecule has 64 valence electrons. The Morgan fingerprint density at radius 3 is 2.67 bits per heavy atom. The van der Waals surface area contributed by atoms with Gasteiger partial charge in [0.15, 0.2) is 5.78 Å². The summed E-state index contributed by atoms with van der Waals surface area (Å²) in [5.41, 5.74) is 1.41. The fourth-order valence-electron chi connectivity index (χ4n) is 1.01. The minimum atomic E-state index is 0.0388. The molecule has 0 atom stereocenters. The van der Waals surface area contributed by atoms with E-state index in [4.69, 9.17) is 0 Å². The molecule has 0 amide bonds. The van der Waals surface area contributed by atoms with Crippen LogP contribution >= 0.6 is 15.9 Å². The Morgan fingerprint density at radius 1 is 1.58 bits per heavy atom. The van der Waals surface area contributed by atoms with Gasteiger partial charge in [0.1, 0.15) is 0 Å². The molecule has 0 bridgehead atoms. The van der Waals surface area contributed by atoms with Crippen LogP contribution < -0.4 is 0 Å². The molecule has 3 heteroatoms. The summed E-state index contributed by atoms with van der Waals surface area (Å²) >= 11 is 3.33. The lowest BCUT2D eigenvalue weighted by Crippen LogP contribution is -2.13. The average molecular weight is 228 g/mol. The molecule has 0 aromatic heterocycles. The molecule has 0 N–H and O–H groups in total. The third-order valence-corrected chi connectivity index (χ3v) is 2.33. The van der Waals surface area contributed by atoms with E-state index in [1.54, 1.807) is 6.20 Å². The Morgan fingerprint density at radius 2 is 2.17 bits per heavy atom. The Labute approximate surface area is 80.4 Å². The summed E-state index contributed by atoms with van der Waals surface area (Å²) in [7, 11) is 1.87. The molecule has 0 radical (unpaired) electrons. The lowest BCUT2D eigenvalue weighted by Gasteiger charge is -2.19. The van der Waals surface area contributed by atoms with Crippen LogP contribution in [0.5, 0.6) is 0 Å². The van der Waals surface area contributed by atoms with Gasteiger partial charge in [-0.1, -0.05) is 6.58 Å². The van der Waals surface area contributed by atoms with Gasteiger partial charge in [-0.3, -0.25) is 4.79 Å². The van der Waals surface area contributed by atoms with E-state index in [0.29, 0.717) is 5.57 Å². The first kappa shape index (κ1) is 9.26. The Balaban J connectivity index is 3.04. The van der Waals surface area contributed by atoms with Crippen LogP contribution in [0.4, 0.5) is 0 Å². The molecule has 1 rings (SSSR count). The number of carbonyl (C=O) groups excluding carboxylic acids is 1. The van der Waals surface area contributed by atoms with E-state index in [1.165, 1.54) is 6.92 Å². The number of hydrogen-bond donors (Lipinski definition) is 0. The molecule has 12 heavy (non-hydrogen) atoms. The predicted octanol–water partition coefficient (Wildman–Crippen LogP) is 2.20. The van der Waals surface area contributed by atoms with E-state index >= 15 is 0 Å². The number of hydrogen-bond acceptors (Lipinski definition) is 2. The van der Waals surface area contributed by atoms with Gasteiger partial charge in [0.2, 0.25) is 0 Å². The van der Waals surface area contributed by atoms with E-state index in [-0.39, 0.29) is 5.78 Å². The minimum Gasteiger partial charge on any atom is -0.355 e. The maximum absolute atomic E-state index is 11.1. The molecule has 0 aromatic rings. The normalized spacial score (nSPS) is 17.2. The maximum atomic E-state index is 11.1. The van der Waals surface area contributed by atoms with Gasteiger partial charge in [0, 0.05) is 29.5 Å². The zero-order valence-corrected chi connectivity index (χ0v) is 8.68. The van der Waals surface area contributed by atoms with Crippen LogP contribution in [0.1, 0.15) is 6.92 Å². The molecule has 2 nitrogen and oxygen atoms in total. The van der Waals surface area contributed by atoms with Gasteiger partial charge in [0.25, 0.3) is 0 Å². The van der Waals surface area contributed by atoms with E-state index < -0.39 is 0 Å². The van der Waals surface area contributed by atoms with Crippen molar-refractivity contribution in [2.24, 2.45) is 0 Å². The van der Waals surface area contributed by atoms with E-state index in [2.05, 4.69) is 22.5 Å². The summed E-state index contributed by atoms with van der Waals surface area (Å²) in [6, 6.07) is 0. The smallest absolute Gasteiger partial charge is 0.161 e. The third-order valence-electron chi connectivity index (χ3n) is 1.64. The van der Waals surface area contributed by atoms with Gasteiger partial charge >= 0.3 is 0 Å². The molecule has 1 heterocycles. The molecule has 0 aromatic carbocycles. The van der Waals surface area contributed by atoms with Gasteiger partial charge in [-0.2, -0.15) is 0 Å². The number of halogens is 1. The highest BCUT2D eigenvalue weighted by Gasteiger charge is 2.15. The number of nitrogens with zero attached hydrogens (tertiary/aromatic N) is 1. The van der Waals surface area contributed by atoms with Gasteiger partial charge in [-0.05, 0) is 28.4 Å². The summed E-state index contributed by atoms with van der Waals surface area (Å²) in [6.45, 7) is 5.34. The van der Waals surface area contributed by atoms with Crippen LogP contribution in [0.15, 0.2) is 34.6 Å². The molecular weight excluding hydrogens is 218 g/mol. The standard InChI is InChI=1S/C9H10BrNO/c1-6-8(7(2)12)4-11(3)5-9(6)10/h4-5H,1H2,2-3H3. The highest BCUT2D eigenvalue weighted by atomic mass is 79.9. The summed E-state index contributed by atoms with van der Waals surface area (Å²) < 4.78 is 0.859. The molecule has 0 saturated carbocycles. The minimum absolute atomic E-state index is 0.0388. The second kappa shape index (κ2) is 3.27. The molecule has 0 spiro atoms. The number of allylic oxidation sites excluding steroid dienone is 3. The Kier molecular flexibility index (Phi) is 2.52. The summed E-state index contributed by atoms with van der Waals surface area (Å²) in [5, 5.41) is 0. The zero-order chi connectivity index (χ0) is 9.30. The van der Waals surface area contributed by atoms with Crippen molar-refractivity contribution < 1.29 is 4.79 Å². The van der Waals surface area contributed by atoms with Crippen LogP contribution in [0, 0.1) is 0 Å².